The lowest BCUT2D eigenvalue weighted by atomic mass is 9.81. The highest BCUT2D eigenvalue weighted by Crippen LogP contribution is 2.29. The van der Waals surface area contributed by atoms with E-state index in [0.29, 0.717) is 6.42 Å². The maximum Gasteiger partial charge on any atom is 0.404 e. The molecular weight excluding hydrogens is 478 g/mol. The van der Waals surface area contributed by atoms with E-state index in [1.165, 1.54) is 0 Å². The molecule has 38 heavy (non-hydrogen) atoms. The number of rotatable bonds is 16. The van der Waals surface area contributed by atoms with Crippen LogP contribution >= 0.6 is 0 Å². The molecule has 1 aromatic rings. The third-order valence-electron chi connectivity index (χ3n) is 7.18. The first-order valence-electron chi connectivity index (χ1n) is 13.6. The molecule has 0 spiro atoms. The van der Waals surface area contributed by atoms with E-state index >= 15 is 0 Å². The second-order valence-electron chi connectivity index (χ2n) is 10.8. The van der Waals surface area contributed by atoms with Gasteiger partial charge in [0.05, 0.1) is 12.2 Å². The molecule has 0 heterocycles. The molecule has 0 aromatic heterocycles. The fourth-order valence-electron chi connectivity index (χ4n) is 5.01. The van der Waals surface area contributed by atoms with Crippen molar-refractivity contribution in [3.8, 4) is 5.75 Å². The minimum absolute atomic E-state index is 0.0157. The van der Waals surface area contributed by atoms with Crippen molar-refractivity contribution in [3.63, 3.8) is 0 Å². The number of amides is 1. The van der Waals surface area contributed by atoms with E-state index in [1.807, 2.05) is 65.8 Å². The van der Waals surface area contributed by atoms with Gasteiger partial charge in [-0.15, -0.1) is 0 Å². The third kappa shape index (κ3) is 11.7. The van der Waals surface area contributed by atoms with Crippen molar-refractivity contribution in [2.75, 3.05) is 0 Å². The average Bonchev–Trinajstić information content (AvgIpc) is 2.86. The van der Waals surface area contributed by atoms with Crippen LogP contribution in [0.2, 0.25) is 0 Å². The highest BCUT2D eigenvalue weighted by molar-refractivity contribution is 5.64. The fourth-order valence-corrected chi connectivity index (χ4v) is 5.01. The highest BCUT2D eigenvalue weighted by atomic mass is 16.6. The van der Waals surface area contributed by atoms with E-state index in [0.717, 1.165) is 24.0 Å². The summed E-state index contributed by atoms with van der Waals surface area (Å²) in [7, 11) is 0. The fraction of sp³-hybridized carbons (Fsp3) is 0.531. The van der Waals surface area contributed by atoms with Crippen LogP contribution in [0, 0.1) is 29.6 Å². The van der Waals surface area contributed by atoms with Gasteiger partial charge in [0.15, 0.2) is 0 Å². The Labute approximate surface area is 229 Å². The number of hydrogen-bond donors (Lipinski definition) is 4. The number of carbonyl (C=O) groups excluding carboxylic acids is 1. The maximum atomic E-state index is 11.5. The molecule has 212 valence electrons. The van der Waals surface area contributed by atoms with Gasteiger partial charge in [-0.05, 0) is 49.8 Å². The van der Waals surface area contributed by atoms with Gasteiger partial charge < -0.3 is 25.8 Å². The number of phenolic OH excluding ortho intramolecular Hbond substituents is 1. The smallest absolute Gasteiger partial charge is 0.404 e. The Hall–Kier alpha value is -2.83. The average molecular weight is 528 g/mol. The summed E-state index contributed by atoms with van der Waals surface area (Å²) in [5.74, 6) is -0.358. The molecule has 5 N–H and O–H groups in total. The van der Waals surface area contributed by atoms with Gasteiger partial charge in [0.2, 0.25) is 0 Å². The van der Waals surface area contributed by atoms with Gasteiger partial charge in [-0.2, -0.15) is 0 Å². The van der Waals surface area contributed by atoms with Crippen LogP contribution in [0.4, 0.5) is 4.79 Å². The van der Waals surface area contributed by atoms with E-state index in [-0.39, 0.29) is 35.3 Å². The molecular formula is C32H49NO5. The van der Waals surface area contributed by atoms with Gasteiger partial charge >= 0.3 is 6.09 Å². The molecule has 8 atom stereocenters. The number of benzene rings is 1. The number of aryl methyl sites for hydroxylation is 1. The quantitative estimate of drug-likeness (QED) is 0.148. The predicted molar refractivity (Wildman–Crippen MR) is 156 cm³/mol. The molecule has 0 bridgehead atoms. The van der Waals surface area contributed by atoms with Gasteiger partial charge in [0.25, 0.3) is 0 Å². The molecule has 0 aliphatic heterocycles. The monoisotopic (exact) mass is 527 g/mol. The van der Waals surface area contributed by atoms with Gasteiger partial charge in [-0.25, -0.2) is 4.79 Å². The lowest BCUT2D eigenvalue weighted by Crippen LogP contribution is -2.41. The van der Waals surface area contributed by atoms with Crippen LogP contribution in [0.1, 0.15) is 59.9 Å². The Bertz CT molecular complexity index is 953. The minimum Gasteiger partial charge on any atom is -0.508 e. The standard InChI is InChI=1S/C32H49NO5/c1-8-9-13-23(4)31(38-32(33)37)26(7)30(36)25(6)19-21(2)18-24(5)29(35)22(3)14-10-11-15-27-16-12-17-28(34)20-27/h8-10,12-14,16-18,20,22-26,29-31,34-36H,1,11,15,19H2,2-7H3,(H2,33,37)/t22-,23-,24-,25-,26-,29-,30+,31-/m0/s1. The van der Waals surface area contributed by atoms with Gasteiger partial charge in [0, 0.05) is 23.7 Å². The maximum absolute atomic E-state index is 11.5. The van der Waals surface area contributed by atoms with Crippen molar-refractivity contribution in [2.24, 2.45) is 35.3 Å². The molecule has 1 aromatic carbocycles. The van der Waals surface area contributed by atoms with Gasteiger partial charge in [-0.1, -0.05) is 95.4 Å². The summed E-state index contributed by atoms with van der Waals surface area (Å²) >= 11 is 0. The second kappa shape index (κ2) is 16.9. The molecule has 0 aliphatic carbocycles. The first kappa shape index (κ1) is 33.2. The molecule has 1 amide bonds. The van der Waals surface area contributed by atoms with Crippen LogP contribution in [-0.4, -0.2) is 39.7 Å². The third-order valence-corrected chi connectivity index (χ3v) is 7.18. The molecule has 0 unspecified atom stereocenters. The van der Waals surface area contributed by atoms with Crippen molar-refractivity contribution in [3.05, 3.63) is 78.4 Å². The Morgan fingerprint density at radius 3 is 2.34 bits per heavy atom. The van der Waals surface area contributed by atoms with Gasteiger partial charge in [-0.3, -0.25) is 0 Å². The molecule has 1 rings (SSSR count). The number of carbonyl (C=O) groups is 1. The number of ether oxygens (including phenoxy) is 1. The topological polar surface area (TPSA) is 113 Å². The Balaban J connectivity index is 2.70. The molecule has 6 nitrogen and oxygen atoms in total. The lowest BCUT2D eigenvalue weighted by molar-refractivity contribution is -0.0266. The molecule has 0 saturated carbocycles. The summed E-state index contributed by atoms with van der Waals surface area (Å²) in [6, 6.07) is 7.26. The number of aliphatic hydroxyl groups excluding tert-OH is 2. The van der Waals surface area contributed by atoms with Crippen LogP contribution in [0.3, 0.4) is 0 Å². The second-order valence-corrected chi connectivity index (χ2v) is 10.8. The highest BCUT2D eigenvalue weighted by Gasteiger charge is 2.33. The number of allylic oxidation sites excluding steroid dienone is 4. The van der Waals surface area contributed by atoms with Crippen molar-refractivity contribution < 1.29 is 24.9 Å². The summed E-state index contributed by atoms with van der Waals surface area (Å²) < 4.78 is 5.37. The normalized spacial score (nSPS) is 18.9. The number of phenols is 1. The van der Waals surface area contributed by atoms with Crippen molar-refractivity contribution in [2.45, 2.75) is 79.1 Å². The van der Waals surface area contributed by atoms with Gasteiger partial charge in [0.1, 0.15) is 11.9 Å². The summed E-state index contributed by atoms with van der Waals surface area (Å²) in [5.41, 5.74) is 7.46. The molecule has 0 aliphatic rings. The van der Waals surface area contributed by atoms with Crippen LogP contribution in [-0.2, 0) is 11.2 Å². The Morgan fingerprint density at radius 1 is 1.05 bits per heavy atom. The predicted octanol–water partition coefficient (Wildman–Crippen LogP) is 6.33. The van der Waals surface area contributed by atoms with E-state index in [4.69, 9.17) is 10.5 Å². The summed E-state index contributed by atoms with van der Waals surface area (Å²) in [5, 5.41) is 31.5. The van der Waals surface area contributed by atoms with Crippen molar-refractivity contribution >= 4 is 6.09 Å². The zero-order chi connectivity index (χ0) is 28.8. The van der Waals surface area contributed by atoms with Crippen molar-refractivity contribution in [1.82, 2.24) is 0 Å². The first-order valence-corrected chi connectivity index (χ1v) is 13.6. The molecule has 6 heteroatoms. The Morgan fingerprint density at radius 2 is 1.74 bits per heavy atom. The van der Waals surface area contributed by atoms with Crippen LogP contribution in [0.15, 0.2) is 72.9 Å². The van der Waals surface area contributed by atoms with Crippen LogP contribution in [0.25, 0.3) is 0 Å². The van der Waals surface area contributed by atoms with E-state index in [1.54, 1.807) is 24.3 Å². The number of aliphatic hydroxyl groups is 2. The summed E-state index contributed by atoms with van der Waals surface area (Å²) in [4.78, 5) is 11.5. The zero-order valence-electron chi connectivity index (χ0n) is 24.0. The number of nitrogens with two attached hydrogens (primary N) is 1. The number of hydrogen-bond acceptors (Lipinski definition) is 5. The first-order chi connectivity index (χ1) is 17.9. The van der Waals surface area contributed by atoms with E-state index < -0.39 is 24.4 Å². The van der Waals surface area contributed by atoms with Crippen molar-refractivity contribution in [1.29, 1.82) is 0 Å². The summed E-state index contributed by atoms with van der Waals surface area (Å²) in [6.07, 6.45) is 11.2. The summed E-state index contributed by atoms with van der Waals surface area (Å²) in [6.45, 7) is 15.4. The van der Waals surface area contributed by atoms with E-state index in [9.17, 15) is 20.1 Å². The number of aromatic hydroxyl groups is 1. The van der Waals surface area contributed by atoms with E-state index in [2.05, 4.69) is 18.7 Å². The van der Waals surface area contributed by atoms with Crippen LogP contribution in [0.5, 0.6) is 5.75 Å². The lowest BCUT2D eigenvalue weighted by Gasteiger charge is -2.33. The SMILES string of the molecule is C=CC=C[C@H](C)[C@H](OC(N)=O)[C@@H](C)[C@H](O)[C@@H](C)CC(C)=C[C@H](C)[C@@H](O)[C@@H](C)C=CCCc1cccc(O)c1. The minimum atomic E-state index is -0.859. The van der Waals surface area contributed by atoms with Crippen LogP contribution < -0.4 is 5.73 Å². The zero-order valence-corrected chi connectivity index (χ0v) is 24.0. The molecule has 0 radical (unpaired) electrons. The largest absolute Gasteiger partial charge is 0.508 e. The Kier molecular flexibility index (Phi) is 14.8. The molecule has 0 fully saturated rings. The number of primary amides is 1. The molecule has 0 saturated heterocycles.